The Morgan fingerprint density at radius 3 is 1.94 bits per heavy atom. The summed E-state index contributed by atoms with van der Waals surface area (Å²) < 4.78 is 16.4. The summed E-state index contributed by atoms with van der Waals surface area (Å²) in [6.45, 7) is 4.63. The van der Waals surface area contributed by atoms with Crippen molar-refractivity contribution in [3.05, 3.63) is 0 Å². The van der Waals surface area contributed by atoms with Gasteiger partial charge < -0.3 is 18.2 Å². The van der Waals surface area contributed by atoms with Crippen molar-refractivity contribution in [1.29, 1.82) is 0 Å². The van der Waals surface area contributed by atoms with Gasteiger partial charge in [0.1, 0.15) is 0 Å². The van der Waals surface area contributed by atoms with E-state index in [4.69, 9.17) is 13.3 Å². The molecule has 1 atom stereocenters. The fourth-order valence-corrected chi connectivity index (χ4v) is 4.33. The van der Waals surface area contributed by atoms with Crippen molar-refractivity contribution >= 4 is 8.80 Å². The molecule has 0 bridgehead atoms. The molecule has 16 heavy (non-hydrogen) atoms. The molecule has 0 spiro atoms. The van der Waals surface area contributed by atoms with Gasteiger partial charge in [-0.05, 0) is 32.9 Å². The van der Waals surface area contributed by atoms with Crippen LogP contribution in [-0.2, 0) is 13.3 Å². The number of hydrogen-bond acceptors (Lipinski definition) is 4. The van der Waals surface area contributed by atoms with Crippen LogP contribution in [0, 0.1) is 0 Å². The fraction of sp³-hybridized carbons (Fsp3) is 1.00. The Morgan fingerprint density at radius 1 is 1.00 bits per heavy atom. The molecule has 0 aromatic rings. The summed E-state index contributed by atoms with van der Waals surface area (Å²) in [4.78, 5) is 2.52. The van der Waals surface area contributed by atoms with Crippen molar-refractivity contribution < 1.29 is 13.3 Å². The van der Waals surface area contributed by atoms with Crippen LogP contribution in [0.1, 0.15) is 26.2 Å². The highest BCUT2D eigenvalue weighted by molar-refractivity contribution is 6.60. The Balaban J connectivity index is 2.49. The maximum Gasteiger partial charge on any atom is 0.501 e. The lowest BCUT2D eigenvalue weighted by atomic mass is 10.1. The van der Waals surface area contributed by atoms with Gasteiger partial charge in [0.2, 0.25) is 0 Å². The summed E-state index contributed by atoms with van der Waals surface area (Å²) in [6, 6.07) is 1.35. The van der Waals surface area contributed by atoms with E-state index in [2.05, 4.69) is 11.8 Å². The number of likely N-dealkylation sites (tertiary alicyclic amines) is 1. The summed E-state index contributed by atoms with van der Waals surface area (Å²) in [5.74, 6) is 0. The first-order chi connectivity index (χ1) is 7.67. The van der Waals surface area contributed by atoms with Crippen LogP contribution < -0.4 is 0 Å². The van der Waals surface area contributed by atoms with Crippen LogP contribution >= 0.6 is 0 Å². The van der Waals surface area contributed by atoms with Crippen LogP contribution in [0.3, 0.4) is 0 Å². The van der Waals surface area contributed by atoms with Gasteiger partial charge in [-0.3, -0.25) is 0 Å². The Kier molecular flexibility index (Phi) is 5.92. The average Bonchev–Trinajstić information content (AvgIpc) is 2.37. The van der Waals surface area contributed by atoms with Gasteiger partial charge in [0.25, 0.3) is 0 Å². The summed E-state index contributed by atoms with van der Waals surface area (Å²) in [5.41, 5.74) is 0. The smallest absolute Gasteiger partial charge is 0.377 e. The molecule has 0 saturated carbocycles. The molecule has 1 saturated heterocycles. The van der Waals surface area contributed by atoms with Gasteiger partial charge in [-0.1, -0.05) is 6.42 Å². The van der Waals surface area contributed by atoms with Crippen molar-refractivity contribution in [2.75, 3.05) is 34.4 Å². The largest absolute Gasteiger partial charge is 0.501 e. The first-order valence-electron chi connectivity index (χ1n) is 6.07. The second-order valence-electron chi connectivity index (χ2n) is 4.45. The SMILES string of the molecule is CO[Si](CC(C)N1CCCCC1)(OC)OC. The van der Waals surface area contributed by atoms with Gasteiger partial charge in [-0.2, -0.15) is 0 Å². The topological polar surface area (TPSA) is 30.9 Å². The molecule has 1 heterocycles. The molecule has 1 aliphatic heterocycles. The fourth-order valence-electron chi connectivity index (χ4n) is 2.35. The van der Waals surface area contributed by atoms with Crippen LogP contribution in [0.15, 0.2) is 0 Å². The molecular formula is C11H25NO3Si. The van der Waals surface area contributed by atoms with E-state index in [9.17, 15) is 0 Å². The maximum atomic E-state index is 5.47. The third-order valence-corrected chi connectivity index (χ3v) is 6.45. The number of nitrogens with zero attached hydrogens (tertiary/aromatic N) is 1. The Labute approximate surface area is 100 Å². The molecular weight excluding hydrogens is 222 g/mol. The lowest BCUT2D eigenvalue weighted by Gasteiger charge is -2.35. The molecule has 0 aliphatic carbocycles. The molecule has 1 unspecified atom stereocenters. The summed E-state index contributed by atoms with van der Waals surface area (Å²) in [7, 11) is 2.64. The quantitative estimate of drug-likeness (QED) is 0.669. The van der Waals surface area contributed by atoms with Crippen molar-refractivity contribution in [3.8, 4) is 0 Å². The Morgan fingerprint density at radius 2 is 1.50 bits per heavy atom. The molecule has 4 nitrogen and oxygen atoms in total. The zero-order chi connectivity index (χ0) is 12.0. The minimum Gasteiger partial charge on any atom is -0.377 e. The molecule has 96 valence electrons. The normalized spacial score (nSPS) is 21.0. The predicted octanol–water partition coefficient (Wildman–Crippen LogP) is 1.74. The highest BCUT2D eigenvalue weighted by atomic mass is 28.4. The first-order valence-corrected chi connectivity index (χ1v) is 8.00. The van der Waals surface area contributed by atoms with E-state index in [1.165, 1.54) is 32.4 Å². The van der Waals surface area contributed by atoms with Crippen molar-refractivity contribution in [2.45, 2.75) is 38.3 Å². The van der Waals surface area contributed by atoms with E-state index in [-0.39, 0.29) is 0 Å². The van der Waals surface area contributed by atoms with E-state index >= 15 is 0 Å². The number of hydrogen-bond donors (Lipinski definition) is 0. The maximum absolute atomic E-state index is 5.47. The van der Waals surface area contributed by atoms with Crippen molar-refractivity contribution in [3.63, 3.8) is 0 Å². The van der Waals surface area contributed by atoms with Gasteiger partial charge in [0.05, 0.1) is 0 Å². The average molecular weight is 247 g/mol. The van der Waals surface area contributed by atoms with E-state index in [1.54, 1.807) is 21.3 Å². The molecule has 1 aliphatic rings. The Hall–Kier alpha value is 0.0569. The molecule has 1 fully saturated rings. The van der Waals surface area contributed by atoms with Crippen molar-refractivity contribution in [2.24, 2.45) is 0 Å². The van der Waals surface area contributed by atoms with Crippen LogP contribution in [0.4, 0.5) is 0 Å². The molecule has 0 N–H and O–H groups in total. The van der Waals surface area contributed by atoms with E-state index in [1.807, 2.05) is 0 Å². The van der Waals surface area contributed by atoms with Gasteiger partial charge in [0.15, 0.2) is 0 Å². The van der Waals surface area contributed by atoms with E-state index in [0.29, 0.717) is 6.04 Å². The van der Waals surface area contributed by atoms with Gasteiger partial charge in [-0.25, -0.2) is 0 Å². The van der Waals surface area contributed by atoms with Crippen LogP contribution in [0.25, 0.3) is 0 Å². The summed E-state index contributed by atoms with van der Waals surface area (Å²) in [5, 5.41) is 0. The monoisotopic (exact) mass is 247 g/mol. The second-order valence-corrected chi connectivity index (χ2v) is 7.44. The molecule has 0 aromatic heterocycles. The number of piperidine rings is 1. The third kappa shape index (κ3) is 3.53. The first kappa shape index (κ1) is 14.1. The minimum absolute atomic E-state index is 0.479. The highest BCUT2D eigenvalue weighted by Crippen LogP contribution is 2.21. The lowest BCUT2D eigenvalue weighted by molar-refractivity contribution is 0.104. The van der Waals surface area contributed by atoms with Gasteiger partial charge >= 0.3 is 8.80 Å². The summed E-state index contributed by atoms with van der Waals surface area (Å²) in [6.07, 6.45) is 3.99. The molecule has 0 radical (unpaired) electrons. The molecule has 0 amide bonds. The highest BCUT2D eigenvalue weighted by Gasteiger charge is 2.40. The molecule has 5 heteroatoms. The lowest BCUT2D eigenvalue weighted by Crippen LogP contribution is -2.49. The van der Waals surface area contributed by atoms with Gasteiger partial charge in [0, 0.05) is 33.4 Å². The standard InChI is InChI=1S/C11H25NO3Si/c1-11(12-8-6-5-7-9-12)10-16(13-2,14-3)15-4/h11H,5-10H2,1-4H3. The summed E-state index contributed by atoms with van der Waals surface area (Å²) >= 11 is 0. The second kappa shape index (κ2) is 6.71. The zero-order valence-corrected chi connectivity index (χ0v) is 12.0. The molecule has 0 aromatic carbocycles. The van der Waals surface area contributed by atoms with Crippen LogP contribution in [0.5, 0.6) is 0 Å². The van der Waals surface area contributed by atoms with Crippen molar-refractivity contribution in [1.82, 2.24) is 4.90 Å². The van der Waals surface area contributed by atoms with Crippen LogP contribution in [-0.4, -0.2) is 54.2 Å². The van der Waals surface area contributed by atoms with E-state index in [0.717, 1.165) is 6.04 Å². The van der Waals surface area contributed by atoms with Crippen LogP contribution in [0.2, 0.25) is 6.04 Å². The van der Waals surface area contributed by atoms with E-state index < -0.39 is 8.80 Å². The zero-order valence-electron chi connectivity index (χ0n) is 11.0. The predicted molar refractivity (Wildman–Crippen MR) is 66.5 cm³/mol. The minimum atomic E-state index is -2.41. The van der Waals surface area contributed by atoms with Gasteiger partial charge in [-0.15, -0.1) is 0 Å². The number of rotatable bonds is 6. The molecule has 1 rings (SSSR count). The third-order valence-electron chi connectivity index (χ3n) is 3.49. The Bertz CT molecular complexity index is 185.